The van der Waals surface area contributed by atoms with E-state index < -0.39 is 35.2 Å². The molecule has 134 valence electrons. The van der Waals surface area contributed by atoms with Gasteiger partial charge in [-0.25, -0.2) is 0 Å². The summed E-state index contributed by atoms with van der Waals surface area (Å²) in [4.78, 5) is 12.3. The Morgan fingerprint density at radius 3 is 2.62 bits per heavy atom. The molecule has 0 aromatic carbocycles. The van der Waals surface area contributed by atoms with Crippen LogP contribution in [0.25, 0.3) is 0 Å². The molecule has 0 bridgehead atoms. The average Bonchev–Trinajstić information content (AvgIpc) is 3.37. The number of ether oxygens (including phenoxy) is 3. The van der Waals surface area contributed by atoms with Gasteiger partial charge in [-0.05, 0) is 38.8 Å². The Morgan fingerprint density at radius 1 is 1.50 bits per heavy atom. The maximum Gasteiger partial charge on any atom is 0.412 e. The van der Waals surface area contributed by atoms with Crippen molar-refractivity contribution >= 4 is 5.78 Å². The first-order valence-electron chi connectivity index (χ1n) is 7.87. The van der Waals surface area contributed by atoms with Gasteiger partial charge in [0.05, 0.1) is 18.6 Å². The Hall–Kier alpha value is -1.18. The molecule has 7 heteroatoms. The first-order chi connectivity index (χ1) is 11.1. The summed E-state index contributed by atoms with van der Waals surface area (Å²) in [5, 5.41) is 0. The van der Waals surface area contributed by atoms with Crippen LogP contribution in [0.2, 0.25) is 0 Å². The minimum atomic E-state index is -4.33. The summed E-state index contributed by atoms with van der Waals surface area (Å²) < 4.78 is 54.7. The van der Waals surface area contributed by atoms with Crippen molar-refractivity contribution < 1.29 is 32.2 Å². The monoisotopic (exact) mass is 346 g/mol. The standard InChI is InChI=1S/C17H21F3O4/c1-9(17(18,19)20)5-6-12-15(3,24-12)14-13(22-4)11(21)7-10(2)16(14)8-23-16/h5,7,12-14H,6,8H2,1-4H3/b9-5+/t12-,13-,14-,15+,16-/m1/s1. The number of rotatable bonds is 4. The quantitative estimate of drug-likeness (QED) is 0.580. The SMILES string of the molecule is CO[C@@H]1C(=O)C=C(C)[C@]2(CO2)[C@H]1[C@@]1(C)O[C@@H]1C/C=C(\C)C(F)(F)F. The number of carbonyl (C=O) groups excluding carboxylic acids is 1. The van der Waals surface area contributed by atoms with Crippen LogP contribution in [0.3, 0.4) is 0 Å². The fourth-order valence-corrected chi connectivity index (χ4v) is 3.80. The van der Waals surface area contributed by atoms with Gasteiger partial charge in [0, 0.05) is 12.7 Å². The summed E-state index contributed by atoms with van der Waals surface area (Å²) in [7, 11) is 1.45. The Balaban J connectivity index is 1.81. The topological polar surface area (TPSA) is 51.4 Å². The maximum absolute atomic E-state index is 12.6. The second-order valence-electron chi connectivity index (χ2n) is 6.95. The third kappa shape index (κ3) is 2.62. The number of allylic oxidation sites excluding steroid dienone is 1. The number of carbonyl (C=O) groups is 1. The minimum absolute atomic E-state index is 0.141. The lowest BCUT2D eigenvalue weighted by atomic mass is 9.69. The largest absolute Gasteiger partial charge is 0.412 e. The molecule has 0 aromatic rings. The van der Waals surface area contributed by atoms with Crippen LogP contribution in [0.1, 0.15) is 27.2 Å². The van der Waals surface area contributed by atoms with E-state index in [4.69, 9.17) is 14.2 Å². The van der Waals surface area contributed by atoms with Gasteiger partial charge in [-0.15, -0.1) is 0 Å². The molecule has 4 nitrogen and oxygen atoms in total. The normalized spacial score (nSPS) is 42.3. The second-order valence-corrected chi connectivity index (χ2v) is 6.95. The molecular formula is C17H21F3O4. The van der Waals surface area contributed by atoms with E-state index >= 15 is 0 Å². The summed E-state index contributed by atoms with van der Waals surface area (Å²) in [6.07, 6.45) is -2.61. The van der Waals surface area contributed by atoms with Gasteiger partial charge in [-0.2, -0.15) is 13.2 Å². The fraction of sp³-hybridized carbons (Fsp3) is 0.706. The van der Waals surface area contributed by atoms with Crippen LogP contribution < -0.4 is 0 Å². The highest BCUT2D eigenvalue weighted by molar-refractivity contribution is 5.96. The lowest BCUT2D eigenvalue weighted by Gasteiger charge is -2.36. The van der Waals surface area contributed by atoms with E-state index in [1.807, 2.05) is 13.8 Å². The number of epoxide rings is 2. The molecule has 5 atom stereocenters. The molecule has 3 rings (SSSR count). The third-order valence-corrected chi connectivity index (χ3v) is 5.50. The van der Waals surface area contributed by atoms with E-state index in [0.717, 1.165) is 18.6 Å². The van der Waals surface area contributed by atoms with Crippen molar-refractivity contribution in [2.45, 2.75) is 56.8 Å². The Kier molecular flexibility index (Phi) is 3.97. The molecule has 0 amide bonds. The Bertz CT molecular complexity index is 618. The molecule has 1 spiro atoms. The fourth-order valence-electron chi connectivity index (χ4n) is 3.80. The van der Waals surface area contributed by atoms with Crippen molar-refractivity contribution in [2.75, 3.05) is 13.7 Å². The highest BCUT2D eigenvalue weighted by Crippen LogP contribution is 2.59. The zero-order chi connectivity index (χ0) is 17.9. The van der Waals surface area contributed by atoms with E-state index in [-0.39, 0.29) is 18.1 Å². The molecule has 0 radical (unpaired) electrons. The molecular weight excluding hydrogens is 325 g/mol. The molecule has 2 heterocycles. The van der Waals surface area contributed by atoms with Gasteiger partial charge in [0.15, 0.2) is 5.78 Å². The van der Waals surface area contributed by atoms with Crippen molar-refractivity contribution in [3.8, 4) is 0 Å². The molecule has 0 N–H and O–H groups in total. The number of ketones is 1. The van der Waals surface area contributed by atoms with Gasteiger partial charge in [0.25, 0.3) is 0 Å². The predicted octanol–water partition coefficient (Wildman–Crippen LogP) is 2.97. The summed E-state index contributed by atoms with van der Waals surface area (Å²) in [6.45, 7) is 5.16. The third-order valence-electron chi connectivity index (χ3n) is 5.50. The van der Waals surface area contributed by atoms with Crippen molar-refractivity contribution in [1.82, 2.24) is 0 Å². The highest BCUT2D eigenvalue weighted by Gasteiger charge is 2.72. The van der Waals surface area contributed by atoms with E-state index in [2.05, 4.69) is 0 Å². The van der Waals surface area contributed by atoms with E-state index in [9.17, 15) is 18.0 Å². The van der Waals surface area contributed by atoms with Gasteiger partial charge in [0.2, 0.25) is 0 Å². The number of alkyl halides is 3. The van der Waals surface area contributed by atoms with Gasteiger partial charge >= 0.3 is 6.18 Å². The molecule has 2 fully saturated rings. The maximum atomic E-state index is 12.6. The highest BCUT2D eigenvalue weighted by atomic mass is 19.4. The van der Waals surface area contributed by atoms with Crippen molar-refractivity contribution in [2.24, 2.45) is 5.92 Å². The van der Waals surface area contributed by atoms with Gasteiger partial charge in [0.1, 0.15) is 17.3 Å². The average molecular weight is 346 g/mol. The number of methoxy groups -OCH3 is 1. The summed E-state index contributed by atoms with van der Waals surface area (Å²) in [5.74, 6) is -0.518. The summed E-state index contributed by atoms with van der Waals surface area (Å²) in [5.41, 5.74) is -1.16. The number of hydrogen-bond acceptors (Lipinski definition) is 4. The van der Waals surface area contributed by atoms with E-state index in [1.54, 1.807) is 0 Å². The summed E-state index contributed by atoms with van der Waals surface area (Å²) >= 11 is 0. The van der Waals surface area contributed by atoms with Crippen LogP contribution in [0.4, 0.5) is 13.2 Å². The summed E-state index contributed by atoms with van der Waals surface area (Å²) in [6, 6.07) is 0. The zero-order valence-electron chi connectivity index (χ0n) is 14.1. The van der Waals surface area contributed by atoms with Crippen LogP contribution in [-0.4, -0.2) is 49.1 Å². The van der Waals surface area contributed by atoms with Crippen LogP contribution in [0.5, 0.6) is 0 Å². The number of hydrogen-bond donors (Lipinski definition) is 0. The lowest BCUT2D eigenvalue weighted by molar-refractivity contribution is -0.132. The van der Waals surface area contributed by atoms with Crippen LogP contribution in [0, 0.1) is 5.92 Å². The molecule has 1 aliphatic carbocycles. The van der Waals surface area contributed by atoms with E-state index in [0.29, 0.717) is 6.61 Å². The first-order valence-corrected chi connectivity index (χ1v) is 7.87. The molecule has 0 aromatic heterocycles. The Morgan fingerprint density at radius 2 is 2.12 bits per heavy atom. The molecule has 24 heavy (non-hydrogen) atoms. The van der Waals surface area contributed by atoms with Gasteiger partial charge in [-0.3, -0.25) is 4.79 Å². The van der Waals surface area contributed by atoms with E-state index in [1.165, 1.54) is 13.2 Å². The van der Waals surface area contributed by atoms with Crippen molar-refractivity contribution in [3.05, 3.63) is 23.3 Å². The second kappa shape index (κ2) is 5.41. The predicted molar refractivity (Wildman–Crippen MR) is 79.4 cm³/mol. The molecule has 2 aliphatic heterocycles. The molecule has 2 saturated heterocycles. The van der Waals surface area contributed by atoms with Gasteiger partial charge < -0.3 is 14.2 Å². The van der Waals surface area contributed by atoms with Crippen molar-refractivity contribution in [1.29, 1.82) is 0 Å². The Labute approximate surface area is 138 Å². The van der Waals surface area contributed by atoms with Crippen molar-refractivity contribution in [3.63, 3.8) is 0 Å². The van der Waals surface area contributed by atoms with Gasteiger partial charge in [-0.1, -0.05) is 6.08 Å². The first kappa shape index (κ1) is 17.6. The molecule has 0 saturated carbocycles. The lowest BCUT2D eigenvalue weighted by Crippen LogP contribution is -2.52. The smallest absolute Gasteiger partial charge is 0.373 e. The number of halogens is 3. The zero-order valence-corrected chi connectivity index (χ0v) is 14.1. The van der Waals surface area contributed by atoms with Crippen LogP contribution >= 0.6 is 0 Å². The molecule has 0 unspecified atom stereocenters. The van der Waals surface area contributed by atoms with Crippen LogP contribution in [-0.2, 0) is 19.0 Å². The minimum Gasteiger partial charge on any atom is -0.373 e. The molecule has 3 aliphatic rings. The van der Waals surface area contributed by atoms with Crippen LogP contribution in [0.15, 0.2) is 23.3 Å².